The molecule has 0 spiro atoms. The van der Waals surface area contributed by atoms with Crippen LogP contribution in [-0.4, -0.2) is 38.6 Å². The van der Waals surface area contributed by atoms with Crippen molar-refractivity contribution in [1.82, 2.24) is 19.4 Å². The molecule has 0 radical (unpaired) electrons. The maximum absolute atomic E-state index is 12.7. The molecule has 0 aromatic carbocycles. The molecule has 1 N–H and O–H groups in total. The Balaban J connectivity index is 1.67. The summed E-state index contributed by atoms with van der Waals surface area (Å²) in [5.74, 6) is 1.42. The second-order valence-corrected chi connectivity index (χ2v) is 8.44. The van der Waals surface area contributed by atoms with Crippen molar-refractivity contribution in [2.45, 2.75) is 39.7 Å². The predicted molar refractivity (Wildman–Crippen MR) is 123 cm³/mol. The maximum atomic E-state index is 12.7. The van der Waals surface area contributed by atoms with Crippen LogP contribution in [0.3, 0.4) is 0 Å². The fraction of sp³-hybridized carbons (Fsp3) is 0.375. The van der Waals surface area contributed by atoms with Gasteiger partial charge in [0, 0.05) is 54.6 Å². The van der Waals surface area contributed by atoms with Crippen molar-refractivity contribution < 1.29 is 9.21 Å². The molecule has 0 aliphatic carbocycles. The molecule has 1 fully saturated rings. The van der Waals surface area contributed by atoms with E-state index in [1.807, 2.05) is 32.9 Å². The van der Waals surface area contributed by atoms with Gasteiger partial charge in [0.2, 0.25) is 5.95 Å². The van der Waals surface area contributed by atoms with Gasteiger partial charge in [0.05, 0.1) is 6.07 Å². The second-order valence-electron chi connectivity index (χ2n) is 8.44. The molecule has 0 bridgehead atoms. The van der Waals surface area contributed by atoms with Gasteiger partial charge < -0.3 is 13.9 Å². The summed E-state index contributed by atoms with van der Waals surface area (Å²) in [7, 11) is 0. The minimum absolute atomic E-state index is 0.00332. The minimum Gasteiger partial charge on any atom is -0.460 e. The van der Waals surface area contributed by atoms with E-state index in [9.17, 15) is 9.59 Å². The number of rotatable bonds is 4. The van der Waals surface area contributed by atoms with Crippen molar-refractivity contribution in [3.05, 3.63) is 52.8 Å². The van der Waals surface area contributed by atoms with Crippen molar-refractivity contribution >= 4 is 12.0 Å². The van der Waals surface area contributed by atoms with Crippen LogP contribution < -0.4 is 10.9 Å². The van der Waals surface area contributed by atoms with Crippen molar-refractivity contribution in [3.8, 4) is 28.7 Å². The summed E-state index contributed by atoms with van der Waals surface area (Å²) in [6, 6.07) is 8.87. The molecule has 1 saturated heterocycles. The van der Waals surface area contributed by atoms with Crippen molar-refractivity contribution in [2.24, 2.45) is 5.92 Å². The van der Waals surface area contributed by atoms with E-state index in [0.717, 1.165) is 11.3 Å². The molecule has 1 aliphatic rings. The fourth-order valence-electron chi connectivity index (χ4n) is 3.86. The third-order valence-electron chi connectivity index (χ3n) is 5.75. The minimum atomic E-state index is -0.297. The van der Waals surface area contributed by atoms with Gasteiger partial charge in [-0.25, -0.2) is 14.8 Å². The number of aryl methyl sites for hydroxylation is 1. The van der Waals surface area contributed by atoms with Gasteiger partial charge >= 0.3 is 6.03 Å². The number of aromatic nitrogens is 3. The average Bonchev–Trinajstić information content (AvgIpc) is 3.25. The van der Waals surface area contributed by atoms with Crippen molar-refractivity contribution in [1.29, 1.82) is 5.26 Å². The van der Waals surface area contributed by atoms with E-state index in [2.05, 4.69) is 21.4 Å². The molecule has 170 valence electrons. The van der Waals surface area contributed by atoms with Crippen LogP contribution in [0.25, 0.3) is 22.6 Å². The molecule has 9 nitrogen and oxygen atoms in total. The summed E-state index contributed by atoms with van der Waals surface area (Å²) >= 11 is 0. The van der Waals surface area contributed by atoms with Crippen LogP contribution in [0.15, 0.2) is 45.9 Å². The predicted octanol–water partition coefficient (Wildman–Crippen LogP) is 4.22. The second kappa shape index (κ2) is 9.28. The number of pyridine rings is 1. The van der Waals surface area contributed by atoms with Crippen molar-refractivity contribution in [3.63, 3.8) is 0 Å². The van der Waals surface area contributed by atoms with E-state index >= 15 is 0 Å². The molecule has 3 aromatic heterocycles. The number of nitrogens with zero attached hydrogens (tertiary/aromatic N) is 5. The molecule has 3 aromatic rings. The lowest BCUT2D eigenvalue weighted by Gasteiger charge is -2.28. The van der Waals surface area contributed by atoms with E-state index in [-0.39, 0.29) is 29.5 Å². The van der Waals surface area contributed by atoms with Gasteiger partial charge in [0.15, 0.2) is 5.76 Å². The van der Waals surface area contributed by atoms with Gasteiger partial charge in [-0.3, -0.25) is 10.1 Å². The smallest absolute Gasteiger partial charge is 0.324 e. The standard InChI is InChI=1S/C24H26N6O3/c1-15(2)30-14-18(5-7-21(30)31)19-13-26-23(27-22(19)20-6-4-16(3)33-20)28-24(32)29-10-8-17(12-25)9-11-29/h4-7,13-15,17H,8-11H2,1-3H3,(H,26,27,28,32). The summed E-state index contributed by atoms with van der Waals surface area (Å²) in [5, 5.41) is 11.8. The number of hydrogen-bond acceptors (Lipinski definition) is 6. The van der Waals surface area contributed by atoms with Crippen LogP contribution in [0.4, 0.5) is 10.7 Å². The maximum Gasteiger partial charge on any atom is 0.324 e. The number of nitriles is 1. The number of furan rings is 1. The molecule has 4 heterocycles. The number of hydrogen-bond donors (Lipinski definition) is 1. The summed E-state index contributed by atoms with van der Waals surface area (Å²) in [5.41, 5.74) is 1.88. The zero-order valence-electron chi connectivity index (χ0n) is 18.9. The summed E-state index contributed by atoms with van der Waals surface area (Å²) in [6.45, 7) is 6.76. The lowest BCUT2D eigenvalue weighted by molar-refractivity contribution is 0.192. The Bertz CT molecular complexity index is 1260. The molecular formula is C24H26N6O3. The third-order valence-corrected chi connectivity index (χ3v) is 5.75. The molecule has 9 heteroatoms. The summed E-state index contributed by atoms with van der Waals surface area (Å²) in [4.78, 5) is 35.5. The van der Waals surface area contributed by atoms with Crippen LogP contribution >= 0.6 is 0 Å². The average molecular weight is 447 g/mol. The molecule has 0 atom stereocenters. The first kappa shape index (κ1) is 22.3. The van der Waals surface area contributed by atoms with Crippen LogP contribution in [-0.2, 0) is 0 Å². The quantitative estimate of drug-likeness (QED) is 0.641. The Hall–Kier alpha value is -3.93. The van der Waals surface area contributed by atoms with E-state index in [1.54, 1.807) is 27.9 Å². The summed E-state index contributed by atoms with van der Waals surface area (Å²) in [6.07, 6.45) is 4.73. The van der Waals surface area contributed by atoms with Gasteiger partial charge in [-0.15, -0.1) is 0 Å². The Morgan fingerprint density at radius 3 is 2.64 bits per heavy atom. The molecule has 4 rings (SSSR count). The molecule has 33 heavy (non-hydrogen) atoms. The first-order valence-corrected chi connectivity index (χ1v) is 11.0. The van der Waals surface area contributed by atoms with E-state index in [0.29, 0.717) is 42.9 Å². The fourth-order valence-corrected chi connectivity index (χ4v) is 3.86. The number of anilines is 1. The van der Waals surface area contributed by atoms with E-state index < -0.39 is 0 Å². The number of nitrogens with one attached hydrogen (secondary N) is 1. The first-order valence-electron chi connectivity index (χ1n) is 11.0. The monoisotopic (exact) mass is 446 g/mol. The third kappa shape index (κ3) is 4.80. The number of piperidine rings is 1. The topological polar surface area (TPSA) is 117 Å². The highest BCUT2D eigenvalue weighted by Crippen LogP contribution is 2.32. The number of likely N-dealkylation sites (tertiary alicyclic amines) is 1. The number of amides is 2. The highest BCUT2D eigenvalue weighted by Gasteiger charge is 2.24. The van der Waals surface area contributed by atoms with E-state index in [4.69, 9.17) is 9.68 Å². The van der Waals surface area contributed by atoms with E-state index in [1.165, 1.54) is 6.07 Å². The Kier molecular flexibility index (Phi) is 6.27. The van der Waals surface area contributed by atoms with Crippen LogP contribution in [0, 0.1) is 24.2 Å². The first-order chi connectivity index (χ1) is 15.9. The highest BCUT2D eigenvalue weighted by atomic mass is 16.3. The van der Waals surface area contributed by atoms with Crippen molar-refractivity contribution in [2.75, 3.05) is 18.4 Å². The zero-order chi connectivity index (χ0) is 23.5. The molecule has 2 amide bonds. The Labute approximate surface area is 191 Å². The number of carbonyl (C=O) groups excluding carboxylic acids is 1. The number of urea groups is 1. The molecule has 1 aliphatic heterocycles. The Morgan fingerprint density at radius 2 is 2.00 bits per heavy atom. The van der Waals surface area contributed by atoms with Gasteiger partial charge in [0.25, 0.3) is 5.56 Å². The molecule has 0 saturated carbocycles. The number of carbonyl (C=O) groups is 1. The van der Waals surface area contributed by atoms with Crippen LogP contribution in [0.5, 0.6) is 0 Å². The van der Waals surface area contributed by atoms with Gasteiger partial charge in [-0.1, -0.05) is 0 Å². The van der Waals surface area contributed by atoms with Gasteiger partial charge in [0.1, 0.15) is 11.5 Å². The van der Waals surface area contributed by atoms with Gasteiger partial charge in [-0.05, 0) is 51.8 Å². The zero-order valence-corrected chi connectivity index (χ0v) is 18.9. The Morgan fingerprint density at radius 1 is 1.24 bits per heavy atom. The van der Waals surface area contributed by atoms with Crippen LogP contribution in [0.1, 0.15) is 38.5 Å². The largest absolute Gasteiger partial charge is 0.460 e. The van der Waals surface area contributed by atoms with Gasteiger partial charge in [-0.2, -0.15) is 5.26 Å². The van der Waals surface area contributed by atoms with Crippen LogP contribution in [0.2, 0.25) is 0 Å². The molecular weight excluding hydrogens is 420 g/mol. The lowest BCUT2D eigenvalue weighted by Crippen LogP contribution is -2.41. The molecule has 0 unspecified atom stereocenters. The lowest BCUT2D eigenvalue weighted by atomic mass is 9.99. The highest BCUT2D eigenvalue weighted by molar-refractivity contribution is 5.88. The normalized spacial score (nSPS) is 14.3. The summed E-state index contributed by atoms with van der Waals surface area (Å²) < 4.78 is 7.47. The SMILES string of the molecule is Cc1ccc(-c2nc(NC(=O)N3CCC(C#N)CC3)ncc2-c2ccc(=O)n(C(C)C)c2)o1.